The molecule has 2 aromatic carbocycles. The van der Waals surface area contributed by atoms with E-state index in [1.165, 1.54) is 5.69 Å². The minimum Gasteiger partial charge on any atom is -0.378 e. The molecule has 0 aliphatic carbocycles. The molecule has 0 saturated carbocycles. The van der Waals surface area contributed by atoms with E-state index in [1.54, 1.807) is 11.8 Å². The number of thioether (sulfide) groups is 1. The number of para-hydroxylation sites is 1. The molecule has 30 heavy (non-hydrogen) atoms. The zero-order valence-electron chi connectivity index (χ0n) is 17.0. The molecular formula is C23H27N3O3S. The summed E-state index contributed by atoms with van der Waals surface area (Å²) >= 11 is 1.77. The Labute approximate surface area is 181 Å². The van der Waals surface area contributed by atoms with Gasteiger partial charge in [-0.15, -0.1) is 11.8 Å². The standard InChI is InChI=1S/C23H27N3O3S/c27-22(9-10-23(28)26-13-16-30-21-4-2-1-3-20(21)26)24-17-18-5-7-19(8-6-18)25-11-14-29-15-12-25/h1-8H,9-17H2,(H,24,27). The molecule has 1 fully saturated rings. The molecule has 2 aliphatic heterocycles. The van der Waals surface area contributed by atoms with E-state index in [0.29, 0.717) is 13.1 Å². The number of fused-ring (bicyclic) bond motifs is 1. The number of carbonyl (C=O) groups excluding carboxylic acids is 2. The van der Waals surface area contributed by atoms with Crippen molar-refractivity contribution < 1.29 is 14.3 Å². The molecular weight excluding hydrogens is 398 g/mol. The zero-order chi connectivity index (χ0) is 20.8. The number of carbonyl (C=O) groups is 2. The fourth-order valence-electron chi connectivity index (χ4n) is 3.72. The van der Waals surface area contributed by atoms with Crippen molar-refractivity contribution in [2.75, 3.05) is 48.4 Å². The molecule has 0 radical (unpaired) electrons. The molecule has 2 aliphatic rings. The maximum absolute atomic E-state index is 12.7. The average Bonchev–Trinajstić information content (AvgIpc) is 2.81. The molecule has 1 saturated heterocycles. The Balaban J connectivity index is 1.23. The first-order valence-electron chi connectivity index (χ1n) is 10.4. The molecule has 7 heteroatoms. The summed E-state index contributed by atoms with van der Waals surface area (Å²) in [5.41, 5.74) is 3.19. The van der Waals surface area contributed by atoms with Gasteiger partial charge in [-0.05, 0) is 29.8 Å². The van der Waals surface area contributed by atoms with E-state index < -0.39 is 0 Å². The van der Waals surface area contributed by atoms with Crippen molar-refractivity contribution in [3.05, 3.63) is 54.1 Å². The third-order valence-corrected chi connectivity index (χ3v) is 6.44. The SMILES string of the molecule is O=C(CCC(=O)N1CCSc2ccccc21)NCc1ccc(N2CCOCC2)cc1. The van der Waals surface area contributed by atoms with Crippen LogP contribution in [-0.4, -0.2) is 50.4 Å². The van der Waals surface area contributed by atoms with Gasteiger partial charge in [-0.3, -0.25) is 9.59 Å². The van der Waals surface area contributed by atoms with Crippen molar-refractivity contribution in [2.24, 2.45) is 0 Å². The summed E-state index contributed by atoms with van der Waals surface area (Å²) in [4.78, 5) is 30.1. The predicted molar refractivity (Wildman–Crippen MR) is 120 cm³/mol. The molecule has 4 rings (SSSR count). The van der Waals surface area contributed by atoms with Crippen molar-refractivity contribution in [1.29, 1.82) is 0 Å². The lowest BCUT2D eigenvalue weighted by Gasteiger charge is -2.29. The molecule has 2 amide bonds. The lowest BCUT2D eigenvalue weighted by molar-refractivity contribution is -0.125. The highest BCUT2D eigenvalue weighted by atomic mass is 32.2. The highest BCUT2D eigenvalue weighted by Gasteiger charge is 2.22. The topological polar surface area (TPSA) is 61.9 Å². The number of anilines is 2. The van der Waals surface area contributed by atoms with Crippen LogP contribution in [0.5, 0.6) is 0 Å². The predicted octanol–water partition coefficient (Wildman–Crippen LogP) is 3.06. The molecule has 158 valence electrons. The van der Waals surface area contributed by atoms with Crippen molar-refractivity contribution in [3.63, 3.8) is 0 Å². The normalized spacial score (nSPS) is 16.1. The summed E-state index contributed by atoms with van der Waals surface area (Å²) < 4.78 is 5.39. The summed E-state index contributed by atoms with van der Waals surface area (Å²) in [5.74, 6) is 0.795. The maximum Gasteiger partial charge on any atom is 0.227 e. The Morgan fingerprint density at radius 3 is 2.53 bits per heavy atom. The number of nitrogens with one attached hydrogen (secondary N) is 1. The van der Waals surface area contributed by atoms with Gasteiger partial charge in [0, 0.05) is 55.4 Å². The third kappa shape index (κ3) is 5.15. The Hall–Kier alpha value is -2.51. The summed E-state index contributed by atoms with van der Waals surface area (Å²) in [6.07, 6.45) is 0.428. The second-order valence-corrected chi connectivity index (χ2v) is 8.54. The fraction of sp³-hybridized carbons (Fsp3) is 0.391. The molecule has 2 aromatic rings. The minimum absolute atomic E-state index is 0.00719. The number of morpholine rings is 1. The Morgan fingerprint density at radius 2 is 1.73 bits per heavy atom. The molecule has 6 nitrogen and oxygen atoms in total. The van der Waals surface area contributed by atoms with Gasteiger partial charge >= 0.3 is 0 Å². The van der Waals surface area contributed by atoms with Gasteiger partial charge in [-0.25, -0.2) is 0 Å². The zero-order valence-corrected chi connectivity index (χ0v) is 17.8. The Bertz CT molecular complexity index is 882. The van der Waals surface area contributed by atoms with Gasteiger partial charge < -0.3 is 19.9 Å². The average molecular weight is 426 g/mol. The lowest BCUT2D eigenvalue weighted by Crippen LogP contribution is -2.36. The Morgan fingerprint density at radius 1 is 0.967 bits per heavy atom. The minimum atomic E-state index is -0.0970. The van der Waals surface area contributed by atoms with Gasteiger partial charge in [-0.1, -0.05) is 24.3 Å². The first-order valence-corrected chi connectivity index (χ1v) is 11.4. The van der Waals surface area contributed by atoms with E-state index in [4.69, 9.17) is 4.74 Å². The lowest BCUT2D eigenvalue weighted by atomic mass is 10.1. The maximum atomic E-state index is 12.7. The molecule has 0 atom stereocenters. The largest absolute Gasteiger partial charge is 0.378 e. The summed E-state index contributed by atoms with van der Waals surface area (Å²) in [7, 11) is 0. The Kier molecular flexibility index (Phi) is 6.92. The highest BCUT2D eigenvalue weighted by Crippen LogP contribution is 2.34. The van der Waals surface area contributed by atoms with E-state index >= 15 is 0 Å². The first-order chi connectivity index (χ1) is 14.7. The van der Waals surface area contributed by atoms with Crippen LogP contribution in [0.1, 0.15) is 18.4 Å². The number of hydrogen-bond acceptors (Lipinski definition) is 5. The van der Waals surface area contributed by atoms with Crippen LogP contribution < -0.4 is 15.1 Å². The molecule has 0 unspecified atom stereocenters. The number of rotatable bonds is 6. The van der Waals surface area contributed by atoms with E-state index in [9.17, 15) is 9.59 Å². The molecule has 0 bridgehead atoms. The van der Waals surface area contributed by atoms with Gasteiger partial charge in [0.05, 0.1) is 18.9 Å². The van der Waals surface area contributed by atoms with Crippen molar-refractivity contribution >= 4 is 35.0 Å². The summed E-state index contributed by atoms with van der Waals surface area (Å²) in [5, 5.41) is 2.93. The summed E-state index contributed by atoms with van der Waals surface area (Å²) in [6.45, 7) is 4.50. The quantitative estimate of drug-likeness (QED) is 0.771. The number of hydrogen-bond donors (Lipinski definition) is 1. The van der Waals surface area contributed by atoms with E-state index in [0.717, 1.165) is 48.2 Å². The second-order valence-electron chi connectivity index (χ2n) is 7.40. The van der Waals surface area contributed by atoms with Crippen LogP contribution in [0.25, 0.3) is 0 Å². The van der Waals surface area contributed by atoms with Gasteiger partial charge in [0.2, 0.25) is 11.8 Å². The van der Waals surface area contributed by atoms with Crippen LogP contribution in [0, 0.1) is 0 Å². The van der Waals surface area contributed by atoms with Crippen LogP contribution in [0.15, 0.2) is 53.4 Å². The number of ether oxygens (including phenoxy) is 1. The molecule has 2 heterocycles. The van der Waals surface area contributed by atoms with E-state index in [2.05, 4.69) is 22.3 Å². The molecule has 1 N–H and O–H groups in total. The van der Waals surface area contributed by atoms with Gasteiger partial charge in [0.1, 0.15) is 0 Å². The monoisotopic (exact) mass is 425 g/mol. The molecule has 0 aromatic heterocycles. The highest BCUT2D eigenvalue weighted by molar-refractivity contribution is 7.99. The van der Waals surface area contributed by atoms with Crippen molar-refractivity contribution in [1.82, 2.24) is 5.32 Å². The fourth-order valence-corrected chi connectivity index (χ4v) is 4.71. The van der Waals surface area contributed by atoms with E-state index in [1.807, 2.05) is 41.3 Å². The van der Waals surface area contributed by atoms with Crippen molar-refractivity contribution in [2.45, 2.75) is 24.3 Å². The number of nitrogens with zero attached hydrogens (tertiary/aromatic N) is 2. The van der Waals surface area contributed by atoms with Gasteiger partial charge in [0.15, 0.2) is 0 Å². The molecule has 0 spiro atoms. The van der Waals surface area contributed by atoms with Crippen LogP contribution in [0.2, 0.25) is 0 Å². The van der Waals surface area contributed by atoms with E-state index in [-0.39, 0.29) is 24.7 Å². The van der Waals surface area contributed by atoms with Crippen LogP contribution in [-0.2, 0) is 20.9 Å². The van der Waals surface area contributed by atoms with Gasteiger partial charge in [-0.2, -0.15) is 0 Å². The second kappa shape index (κ2) is 10.00. The number of amides is 2. The first kappa shape index (κ1) is 20.8. The van der Waals surface area contributed by atoms with Crippen LogP contribution >= 0.6 is 11.8 Å². The van der Waals surface area contributed by atoms with Crippen LogP contribution in [0.4, 0.5) is 11.4 Å². The van der Waals surface area contributed by atoms with Crippen LogP contribution in [0.3, 0.4) is 0 Å². The summed E-state index contributed by atoms with van der Waals surface area (Å²) in [6, 6.07) is 16.2. The van der Waals surface area contributed by atoms with Gasteiger partial charge in [0.25, 0.3) is 0 Å². The van der Waals surface area contributed by atoms with Crippen molar-refractivity contribution in [3.8, 4) is 0 Å². The third-order valence-electron chi connectivity index (χ3n) is 5.40. The smallest absolute Gasteiger partial charge is 0.227 e. The number of benzene rings is 2.